The van der Waals surface area contributed by atoms with Crippen LogP contribution in [-0.4, -0.2) is 26.8 Å². The largest absolute Gasteiger partial charge is 0.383 e. The van der Waals surface area contributed by atoms with Crippen LogP contribution in [0.3, 0.4) is 0 Å². The predicted octanol–water partition coefficient (Wildman–Crippen LogP) is 3.97. The van der Waals surface area contributed by atoms with Crippen molar-refractivity contribution in [3.05, 3.63) is 35.4 Å². The molecule has 0 spiro atoms. The van der Waals surface area contributed by atoms with Crippen LogP contribution in [0.1, 0.15) is 43.2 Å². The summed E-state index contributed by atoms with van der Waals surface area (Å²) in [6.07, 6.45) is 8.34. The first-order valence-corrected chi connectivity index (χ1v) is 8.55. The van der Waals surface area contributed by atoms with Crippen molar-refractivity contribution < 1.29 is 4.74 Å². The fourth-order valence-corrected chi connectivity index (χ4v) is 3.59. The summed E-state index contributed by atoms with van der Waals surface area (Å²) >= 11 is 0. The Balaban J connectivity index is 1.95. The van der Waals surface area contributed by atoms with Gasteiger partial charge in [0.2, 0.25) is 0 Å². The van der Waals surface area contributed by atoms with Gasteiger partial charge in [-0.25, -0.2) is 0 Å². The monoisotopic (exact) mass is 289 g/mol. The molecule has 1 fully saturated rings. The second-order valence-corrected chi connectivity index (χ2v) is 6.49. The summed E-state index contributed by atoms with van der Waals surface area (Å²) in [5.74, 6) is 1.66. The lowest BCUT2D eigenvalue weighted by atomic mass is 9.77. The van der Waals surface area contributed by atoms with Crippen LogP contribution in [0, 0.1) is 18.8 Å². The molecule has 0 bridgehead atoms. The van der Waals surface area contributed by atoms with Crippen LogP contribution < -0.4 is 5.32 Å². The van der Waals surface area contributed by atoms with Crippen LogP contribution in [0.4, 0.5) is 0 Å². The van der Waals surface area contributed by atoms with Gasteiger partial charge in [0.15, 0.2) is 0 Å². The molecule has 1 aliphatic carbocycles. The topological polar surface area (TPSA) is 21.3 Å². The van der Waals surface area contributed by atoms with Gasteiger partial charge in [0.05, 0.1) is 6.61 Å². The third-order valence-electron chi connectivity index (χ3n) is 4.95. The molecule has 21 heavy (non-hydrogen) atoms. The Kier molecular flexibility index (Phi) is 7.25. The van der Waals surface area contributed by atoms with Crippen LogP contribution in [0.25, 0.3) is 0 Å². The lowest BCUT2D eigenvalue weighted by Crippen LogP contribution is -2.32. The first-order chi connectivity index (χ1) is 10.3. The SMILES string of the molecule is COCCNCC(Cc1ccccc1C)C1CCCCC1. The standard InChI is InChI=1S/C19H31NO/c1-16-8-6-7-11-18(16)14-19(15-20-12-13-21-2)17-9-4-3-5-10-17/h6-8,11,17,19-20H,3-5,9-10,12-15H2,1-2H3. The minimum Gasteiger partial charge on any atom is -0.383 e. The predicted molar refractivity (Wildman–Crippen MR) is 89.7 cm³/mol. The van der Waals surface area contributed by atoms with E-state index in [4.69, 9.17) is 4.74 Å². The van der Waals surface area contributed by atoms with E-state index >= 15 is 0 Å². The lowest BCUT2D eigenvalue weighted by Gasteiger charge is -2.31. The highest BCUT2D eigenvalue weighted by Crippen LogP contribution is 2.32. The highest BCUT2D eigenvalue weighted by Gasteiger charge is 2.23. The van der Waals surface area contributed by atoms with E-state index in [-0.39, 0.29) is 0 Å². The van der Waals surface area contributed by atoms with Crippen molar-refractivity contribution in [1.29, 1.82) is 0 Å². The zero-order valence-corrected chi connectivity index (χ0v) is 13.7. The third kappa shape index (κ3) is 5.44. The highest BCUT2D eigenvalue weighted by molar-refractivity contribution is 5.26. The Labute approximate surface area is 130 Å². The molecule has 1 aliphatic rings. The molecular formula is C19H31NO. The molecule has 2 rings (SSSR count). The number of benzene rings is 1. The molecule has 0 aliphatic heterocycles. The van der Waals surface area contributed by atoms with Gasteiger partial charge in [-0.2, -0.15) is 0 Å². The Bertz CT molecular complexity index is 398. The maximum absolute atomic E-state index is 5.14. The molecule has 1 atom stereocenters. The van der Waals surface area contributed by atoms with Gasteiger partial charge in [-0.15, -0.1) is 0 Å². The molecule has 0 radical (unpaired) electrons. The normalized spacial score (nSPS) is 17.8. The van der Waals surface area contributed by atoms with E-state index in [1.807, 2.05) is 0 Å². The van der Waals surface area contributed by atoms with Crippen molar-refractivity contribution >= 4 is 0 Å². The maximum Gasteiger partial charge on any atom is 0.0587 e. The third-order valence-corrected chi connectivity index (χ3v) is 4.95. The van der Waals surface area contributed by atoms with Crippen molar-refractivity contribution in [3.63, 3.8) is 0 Å². The fraction of sp³-hybridized carbons (Fsp3) is 0.684. The van der Waals surface area contributed by atoms with E-state index in [1.54, 1.807) is 7.11 Å². The Morgan fingerprint density at radius 2 is 1.95 bits per heavy atom. The number of ether oxygens (including phenoxy) is 1. The Morgan fingerprint density at radius 1 is 1.19 bits per heavy atom. The quantitative estimate of drug-likeness (QED) is 0.731. The van der Waals surface area contributed by atoms with E-state index < -0.39 is 0 Å². The number of nitrogens with one attached hydrogen (secondary N) is 1. The van der Waals surface area contributed by atoms with Crippen molar-refractivity contribution in [1.82, 2.24) is 5.32 Å². The molecule has 1 saturated carbocycles. The summed E-state index contributed by atoms with van der Waals surface area (Å²) in [4.78, 5) is 0. The lowest BCUT2D eigenvalue weighted by molar-refractivity contribution is 0.190. The van der Waals surface area contributed by atoms with Gasteiger partial charge in [0.25, 0.3) is 0 Å². The van der Waals surface area contributed by atoms with Gasteiger partial charge in [-0.3, -0.25) is 0 Å². The van der Waals surface area contributed by atoms with Crippen molar-refractivity contribution in [2.75, 3.05) is 26.8 Å². The van der Waals surface area contributed by atoms with Gasteiger partial charge in [0, 0.05) is 13.7 Å². The average molecular weight is 289 g/mol. The number of methoxy groups -OCH3 is 1. The van der Waals surface area contributed by atoms with E-state index in [2.05, 4.69) is 36.5 Å². The van der Waals surface area contributed by atoms with Crippen LogP contribution in [0.15, 0.2) is 24.3 Å². The number of aryl methyl sites for hydroxylation is 1. The molecule has 0 heterocycles. The van der Waals surface area contributed by atoms with E-state index in [1.165, 1.54) is 49.7 Å². The minimum atomic E-state index is 0.767. The molecule has 0 saturated heterocycles. The Hall–Kier alpha value is -0.860. The summed E-state index contributed by atoms with van der Waals surface area (Å²) < 4.78 is 5.14. The molecule has 1 unspecified atom stereocenters. The fourth-order valence-electron chi connectivity index (χ4n) is 3.59. The summed E-state index contributed by atoms with van der Waals surface area (Å²) in [6.45, 7) is 5.14. The maximum atomic E-state index is 5.14. The number of hydrogen-bond donors (Lipinski definition) is 1. The van der Waals surface area contributed by atoms with Crippen molar-refractivity contribution in [2.45, 2.75) is 45.4 Å². The van der Waals surface area contributed by atoms with Gasteiger partial charge < -0.3 is 10.1 Å². The van der Waals surface area contributed by atoms with E-state index in [0.717, 1.165) is 31.5 Å². The molecule has 2 heteroatoms. The van der Waals surface area contributed by atoms with Crippen LogP contribution >= 0.6 is 0 Å². The molecule has 1 aromatic carbocycles. The smallest absolute Gasteiger partial charge is 0.0587 e. The minimum absolute atomic E-state index is 0.767. The van der Waals surface area contributed by atoms with Gasteiger partial charge in [-0.05, 0) is 42.9 Å². The second kappa shape index (κ2) is 9.22. The number of hydrogen-bond acceptors (Lipinski definition) is 2. The summed E-state index contributed by atoms with van der Waals surface area (Å²) in [6, 6.07) is 8.87. The van der Waals surface area contributed by atoms with Gasteiger partial charge >= 0.3 is 0 Å². The zero-order valence-electron chi connectivity index (χ0n) is 13.7. The Morgan fingerprint density at radius 3 is 2.67 bits per heavy atom. The van der Waals surface area contributed by atoms with Crippen molar-refractivity contribution in [3.8, 4) is 0 Å². The molecule has 0 aromatic heterocycles. The van der Waals surface area contributed by atoms with E-state index in [0.29, 0.717) is 0 Å². The summed E-state index contributed by atoms with van der Waals surface area (Å²) in [5.41, 5.74) is 2.97. The van der Waals surface area contributed by atoms with Crippen LogP contribution in [0.5, 0.6) is 0 Å². The first-order valence-electron chi connectivity index (χ1n) is 8.55. The molecule has 1 N–H and O–H groups in total. The second-order valence-electron chi connectivity index (χ2n) is 6.49. The summed E-state index contributed by atoms with van der Waals surface area (Å²) in [5, 5.41) is 3.60. The van der Waals surface area contributed by atoms with Crippen molar-refractivity contribution in [2.24, 2.45) is 11.8 Å². The van der Waals surface area contributed by atoms with Gasteiger partial charge in [-0.1, -0.05) is 56.4 Å². The van der Waals surface area contributed by atoms with Gasteiger partial charge in [0.1, 0.15) is 0 Å². The van der Waals surface area contributed by atoms with Crippen LogP contribution in [-0.2, 0) is 11.2 Å². The molecule has 0 amide bonds. The zero-order chi connectivity index (χ0) is 14.9. The molecular weight excluding hydrogens is 258 g/mol. The van der Waals surface area contributed by atoms with E-state index in [9.17, 15) is 0 Å². The highest BCUT2D eigenvalue weighted by atomic mass is 16.5. The first kappa shape index (κ1) is 16.5. The number of rotatable bonds is 8. The molecule has 1 aromatic rings. The van der Waals surface area contributed by atoms with Crippen LogP contribution in [0.2, 0.25) is 0 Å². The average Bonchev–Trinajstić information content (AvgIpc) is 2.53. The molecule has 2 nitrogen and oxygen atoms in total. The molecule has 118 valence electrons. The summed E-state index contributed by atoms with van der Waals surface area (Å²) in [7, 11) is 1.77.